The summed E-state index contributed by atoms with van der Waals surface area (Å²) in [6.45, 7) is 1.77. The smallest absolute Gasteiger partial charge is 0.279 e. The standard InChI is InChI=1S/C8H18N2O4S/c1-8(12,7-11)6-9-15(13,14)10-4-2-3-5-10/h9,11-12H,2-7H2,1H3. The van der Waals surface area contributed by atoms with Crippen molar-refractivity contribution in [3.8, 4) is 0 Å². The zero-order chi connectivity index (χ0) is 11.5. The van der Waals surface area contributed by atoms with Crippen LogP contribution in [0.15, 0.2) is 0 Å². The SMILES string of the molecule is CC(O)(CO)CNS(=O)(=O)N1CCCC1. The summed E-state index contributed by atoms with van der Waals surface area (Å²) in [5.74, 6) is 0. The Labute approximate surface area is 90.1 Å². The molecule has 15 heavy (non-hydrogen) atoms. The van der Waals surface area contributed by atoms with Crippen LogP contribution < -0.4 is 4.72 Å². The van der Waals surface area contributed by atoms with E-state index in [1.807, 2.05) is 0 Å². The minimum atomic E-state index is -3.49. The molecule has 1 aliphatic rings. The van der Waals surface area contributed by atoms with Crippen molar-refractivity contribution in [2.45, 2.75) is 25.4 Å². The average molecular weight is 238 g/mol. The first kappa shape index (κ1) is 12.9. The third-order valence-corrected chi connectivity index (χ3v) is 3.94. The van der Waals surface area contributed by atoms with E-state index in [9.17, 15) is 13.5 Å². The first-order valence-corrected chi connectivity index (χ1v) is 6.39. The molecule has 0 aromatic rings. The predicted octanol–water partition coefficient (Wildman–Crippen LogP) is -1.34. The van der Waals surface area contributed by atoms with E-state index in [4.69, 9.17) is 5.11 Å². The third kappa shape index (κ3) is 3.69. The molecule has 1 heterocycles. The summed E-state index contributed by atoms with van der Waals surface area (Å²) in [5.41, 5.74) is -1.41. The number of hydrogen-bond acceptors (Lipinski definition) is 4. The molecule has 0 bridgehead atoms. The van der Waals surface area contributed by atoms with Crippen molar-refractivity contribution in [2.24, 2.45) is 0 Å². The lowest BCUT2D eigenvalue weighted by Gasteiger charge is -2.23. The maximum Gasteiger partial charge on any atom is 0.279 e. The predicted molar refractivity (Wildman–Crippen MR) is 55.4 cm³/mol. The van der Waals surface area contributed by atoms with E-state index in [1.165, 1.54) is 11.2 Å². The molecule has 0 aromatic carbocycles. The van der Waals surface area contributed by atoms with Gasteiger partial charge in [0.1, 0.15) is 0 Å². The minimum absolute atomic E-state index is 0.178. The summed E-state index contributed by atoms with van der Waals surface area (Å²) in [6, 6.07) is 0. The molecule has 0 saturated carbocycles. The number of aliphatic hydroxyl groups is 2. The van der Waals surface area contributed by atoms with Gasteiger partial charge in [-0.1, -0.05) is 0 Å². The second kappa shape index (κ2) is 4.75. The molecule has 90 valence electrons. The maximum atomic E-state index is 11.6. The van der Waals surface area contributed by atoms with Crippen molar-refractivity contribution in [3.05, 3.63) is 0 Å². The summed E-state index contributed by atoms with van der Waals surface area (Å²) in [6.07, 6.45) is 1.74. The number of rotatable bonds is 5. The van der Waals surface area contributed by atoms with Gasteiger partial charge in [-0.2, -0.15) is 17.4 Å². The average Bonchev–Trinajstić information content (AvgIpc) is 2.69. The Hall–Kier alpha value is -0.210. The van der Waals surface area contributed by atoms with Crippen LogP contribution in [0.2, 0.25) is 0 Å². The first-order valence-electron chi connectivity index (χ1n) is 4.95. The van der Waals surface area contributed by atoms with Gasteiger partial charge in [-0.15, -0.1) is 0 Å². The topological polar surface area (TPSA) is 89.9 Å². The van der Waals surface area contributed by atoms with Crippen LogP contribution in [0.4, 0.5) is 0 Å². The van der Waals surface area contributed by atoms with Gasteiger partial charge in [0.2, 0.25) is 0 Å². The molecule has 0 aromatic heterocycles. The van der Waals surface area contributed by atoms with Crippen LogP contribution in [0.3, 0.4) is 0 Å². The van der Waals surface area contributed by atoms with Gasteiger partial charge in [0.25, 0.3) is 10.2 Å². The number of nitrogens with one attached hydrogen (secondary N) is 1. The van der Waals surface area contributed by atoms with E-state index < -0.39 is 22.4 Å². The summed E-state index contributed by atoms with van der Waals surface area (Å²) in [5, 5.41) is 18.2. The fourth-order valence-corrected chi connectivity index (χ4v) is 2.74. The van der Waals surface area contributed by atoms with Crippen molar-refractivity contribution in [2.75, 3.05) is 26.2 Å². The Bertz CT molecular complexity index is 296. The van der Waals surface area contributed by atoms with E-state index in [0.29, 0.717) is 13.1 Å². The minimum Gasteiger partial charge on any atom is -0.393 e. The van der Waals surface area contributed by atoms with E-state index in [0.717, 1.165) is 12.8 Å². The fourth-order valence-electron chi connectivity index (χ4n) is 1.32. The monoisotopic (exact) mass is 238 g/mol. The molecule has 1 rings (SSSR count). The molecular formula is C8H18N2O4S. The van der Waals surface area contributed by atoms with Gasteiger partial charge in [-0.3, -0.25) is 0 Å². The Morgan fingerprint density at radius 1 is 1.40 bits per heavy atom. The van der Waals surface area contributed by atoms with Gasteiger partial charge >= 0.3 is 0 Å². The van der Waals surface area contributed by atoms with Crippen molar-refractivity contribution in [1.29, 1.82) is 0 Å². The first-order chi connectivity index (χ1) is 6.87. The molecule has 1 unspecified atom stereocenters. The summed E-state index contributed by atoms with van der Waals surface area (Å²) < 4.78 is 26.9. The van der Waals surface area contributed by atoms with Crippen molar-refractivity contribution in [3.63, 3.8) is 0 Å². The Morgan fingerprint density at radius 3 is 2.40 bits per heavy atom. The summed E-state index contributed by atoms with van der Waals surface area (Å²) in [4.78, 5) is 0. The Morgan fingerprint density at radius 2 is 1.93 bits per heavy atom. The maximum absolute atomic E-state index is 11.6. The van der Waals surface area contributed by atoms with Gasteiger partial charge in [0, 0.05) is 19.6 Å². The third-order valence-electron chi connectivity index (χ3n) is 2.38. The lowest BCUT2D eigenvalue weighted by Crippen LogP contribution is -2.47. The molecule has 0 amide bonds. The lowest BCUT2D eigenvalue weighted by molar-refractivity contribution is 0.00657. The van der Waals surface area contributed by atoms with Crippen LogP contribution in [0.25, 0.3) is 0 Å². The molecule has 0 aliphatic carbocycles. The van der Waals surface area contributed by atoms with E-state index in [2.05, 4.69) is 4.72 Å². The Balaban J connectivity index is 2.50. The second-order valence-electron chi connectivity index (χ2n) is 4.09. The fraction of sp³-hybridized carbons (Fsp3) is 1.00. The van der Waals surface area contributed by atoms with Crippen LogP contribution in [-0.4, -0.2) is 54.8 Å². The van der Waals surface area contributed by atoms with Gasteiger partial charge < -0.3 is 10.2 Å². The molecule has 1 fully saturated rings. The van der Waals surface area contributed by atoms with Crippen molar-refractivity contribution >= 4 is 10.2 Å². The largest absolute Gasteiger partial charge is 0.393 e. The molecule has 0 radical (unpaired) electrons. The van der Waals surface area contributed by atoms with Crippen LogP contribution >= 0.6 is 0 Å². The van der Waals surface area contributed by atoms with Gasteiger partial charge in [0.15, 0.2) is 0 Å². The number of nitrogens with zero attached hydrogens (tertiary/aromatic N) is 1. The molecule has 0 spiro atoms. The van der Waals surface area contributed by atoms with E-state index >= 15 is 0 Å². The molecule has 6 nitrogen and oxygen atoms in total. The highest BCUT2D eigenvalue weighted by molar-refractivity contribution is 7.87. The summed E-state index contributed by atoms with van der Waals surface area (Å²) >= 11 is 0. The second-order valence-corrected chi connectivity index (χ2v) is 5.84. The van der Waals surface area contributed by atoms with Crippen molar-refractivity contribution < 1.29 is 18.6 Å². The normalized spacial score (nSPS) is 22.9. The van der Waals surface area contributed by atoms with Crippen LogP contribution in [0.1, 0.15) is 19.8 Å². The zero-order valence-corrected chi connectivity index (χ0v) is 9.63. The Kier molecular flexibility index (Phi) is 4.07. The van der Waals surface area contributed by atoms with Gasteiger partial charge in [-0.05, 0) is 19.8 Å². The highest BCUT2D eigenvalue weighted by Crippen LogP contribution is 2.11. The summed E-state index contributed by atoms with van der Waals surface area (Å²) in [7, 11) is -3.49. The molecule has 7 heteroatoms. The lowest BCUT2D eigenvalue weighted by atomic mass is 10.1. The van der Waals surface area contributed by atoms with E-state index in [1.54, 1.807) is 0 Å². The van der Waals surface area contributed by atoms with Crippen molar-refractivity contribution in [1.82, 2.24) is 9.03 Å². The molecule has 1 atom stereocenters. The molecule has 1 saturated heterocycles. The molecule has 3 N–H and O–H groups in total. The highest BCUT2D eigenvalue weighted by Gasteiger charge is 2.28. The van der Waals surface area contributed by atoms with Crippen LogP contribution in [-0.2, 0) is 10.2 Å². The van der Waals surface area contributed by atoms with Gasteiger partial charge in [-0.25, -0.2) is 0 Å². The molecular weight excluding hydrogens is 220 g/mol. The van der Waals surface area contributed by atoms with E-state index in [-0.39, 0.29) is 6.54 Å². The highest BCUT2D eigenvalue weighted by atomic mass is 32.2. The van der Waals surface area contributed by atoms with Crippen LogP contribution in [0.5, 0.6) is 0 Å². The number of aliphatic hydroxyl groups excluding tert-OH is 1. The zero-order valence-electron chi connectivity index (χ0n) is 8.81. The van der Waals surface area contributed by atoms with Gasteiger partial charge in [0.05, 0.1) is 12.2 Å². The van der Waals surface area contributed by atoms with Crippen LogP contribution in [0, 0.1) is 0 Å². The number of hydrogen-bond donors (Lipinski definition) is 3. The quantitative estimate of drug-likeness (QED) is 0.553. The molecule has 1 aliphatic heterocycles.